The number of thioether (sulfide) groups is 1. The maximum absolute atomic E-state index is 12.5. The van der Waals surface area contributed by atoms with Crippen LogP contribution in [0.15, 0.2) is 18.2 Å². The molecule has 1 aromatic carbocycles. The van der Waals surface area contributed by atoms with Gasteiger partial charge in [-0.3, -0.25) is 4.79 Å². The first kappa shape index (κ1) is 11.9. The molecular weight excluding hydrogens is 244 g/mol. The number of amides is 1. The number of nitrogen functional groups attached to an aromatic ring is 1. The van der Waals surface area contributed by atoms with Crippen molar-refractivity contribution in [2.24, 2.45) is 5.92 Å². The number of fused-ring (bicyclic) bond motifs is 1. The van der Waals surface area contributed by atoms with Crippen molar-refractivity contribution in [3.05, 3.63) is 23.8 Å². The maximum atomic E-state index is 12.5. The molecule has 4 heteroatoms. The van der Waals surface area contributed by atoms with Gasteiger partial charge < -0.3 is 10.6 Å². The van der Waals surface area contributed by atoms with Crippen molar-refractivity contribution < 1.29 is 4.79 Å². The molecule has 1 fully saturated rings. The summed E-state index contributed by atoms with van der Waals surface area (Å²) in [5.74, 6) is 2.64. The fourth-order valence-electron chi connectivity index (χ4n) is 2.80. The lowest BCUT2D eigenvalue weighted by molar-refractivity contribution is -0.121. The fourth-order valence-corrected chi connectivity index (χ4v) is 4.01. The van der Waals surface area contributed by atoms with E-state index in [2.05, 4.69) is 0 Å². The topological polar surface area (TPSA) is 46.3 Å². The van der Waals surface area contributed by atoms with Crippen molar-refractivity contribution in [3.63, 3.8) is 0 Å². The Labute approximate surface area is 112 Å². The Kier molecular flexibility index (Phi) is 3.20. The number of nitrogens with zero attached hydrogens (tertiary/aromatic N) is 1. The van der Waals surface area contributed by atoms with Crippen LogP contribution in [0.3, 0.4) is 0 Å². The van der Waals surface area contributed by atoms with Crippen LogP contribution >= 0.6 is 11.8 Å². The van der Waals surface area contributed by atoms with Crippen molar-refractivity contribution in [1.29, 1.82) is 0 Å². The zero-order valence-corrected chi connectivity index (χ0v) is 11.2. The number of benzene rings is 1. The van der Waals surface area contributed by atoms with Crippen LogP contribution in [0.4, 0.5) is 11.4 Å². The average molecular weight is 262 g/mol. The molecule has 2 aliphatic heterocycles. The van der Waals surface area contributed by atoms with Gasteiger partial charge in [-0.25, -0.2) is 0 Å². The number of hydrogen-bond acceptors (Lipinski definition) is 3. The molecule has 3 nitrogen and oxygen atoms in total. The van der Waals surface area contributed by atoms with E-state index >= 15 is 0 Å². The molecule has 1 amide bonds. The van der Waals surface area contributed by atoms with Crippen molar-refractivity contribution in [3.8, 4) is 0 Å². The second-order valence-corrected chi connectivity index (χ2v) is 6.19. The maximum Gasteiger partial charge on any atom is 0.230 e. The van der Waals surface area contributed by atoms with Gasteiger partial charge in [-0.15, -0.1) is 0 Å². The Morgan fingerprint density at radius 1 is 1.44 bits per heavy atom. The SMILES string of the molecule is Nc1ccc2c(c1)CCCN2C(=O)C1CCSC1. The fraction of sp³-hybridized carbons (Fsp3) is 0.500. The molecule has 1 aromatic rings. The molecule has 2 N–H and O–H groups in total. The van der Waals surface area contributed by atoms with Gasteiger partial charge in [0.25, 0.3) is 0 Å². The van der Waals surface area contributed by atoms with E-state index in [4.69, 9.17) is 5.73 Å². The van der Waals surface area contributed by atoms with Crippen LogP contribution in [0.25, 0.3) is 0 Å². The van der Waals surface area contributed by atoms with Crippen LogP contribution in [0, 0.1) is 5.92 Å². The molecular formula is C14H18N2OS. The number of carbonyl (C=O) groups excluding carboxylic acids is 1. The molecule has 1 atom stereocenters. The molecule has 96 valence electrons. The summed E-state index contributed by atoms with van der Waals surface area (Å²) >= 11 is 1.89. The lowest BCUT2D eigenvalue weighted by Gasteiger charge is -2.31. The Hall–Kier alpha value is -1.16. The van der Waals surface area contributed by atoms with Crippen molar-refractivity contribution in [2.75, 3.05) is 28.7 Å². The number of nitrogens with two attached hydrogens (primary N) is 1. The van der Waals surface area contributed by atoms with E-state index in [9.17, 15) is 4.79 Å². The van der Waals surface area contributed by atoms with E-state index in [0.29, 0.717) is 5.91 Å². The summed E-state index contributed by atoms with van der Waals surface area (Å²) in [6.45, 7) is 0.858. The zero-order valence-electron chi connectivity index (χ0n) is 10.4. The first-order valence-corrected chi connectivity index (χ1v) is 7.69. The highest BCUT2D eigenvalue weighted by atomic mass is 32.2. The lowest BCUT2D eigenvalue weighted by atomic mass is 9.98. The molecule has 1 saturated heterocycles. The van der Waals surface area contributed by atoms with Crippen molar-refractivity contribution in [1.82, 2.24) is 0 Å². The van der Waals surface area contributed by atoms with Crippen LogP contribution in [0.5, 0.6) is 0 Å². The van der Waals surface area contributed by atoms with Crippen LogP contribution in [0.1, 0.15) is 18.4 Å². The van der Waals surface area contributed by atoms with Gasteiger partial charge in [0.1, 0.15) is 0 Å². The number of rotatable bonds is 1. The summed E-state index contributed by atoms with van der Waals surface area (Å²) in [4.78, 5) is 14.5. The molecule has 3 rings (SSSR count). The number of aryl methyl sites for hydroxylation is 1. The highest BCUT2D eigenvalue weighted by Crippen LogP contribution is 2.32. The van der Waals surface area contributed by atoms with Gasteiger partial charge in [0.2, 0.25) is 5.91 Å². The Morgan fingerprint density at radius 3 is 3.11 bits per heavy atom. The summed E-state index contributed by atoms with van der Waals surface area (Å²) in [5.41, 5.74) is 8.91. The molecule has 0 aliphatic carbocycles. The van der Waals surface area contributed by atoms with E-state index in [1.54, 1.807) is 0 Å². The average Bonchev–Trinajstić information content (AvgIpc) is 2.90. The minimum Gasteiger partial charge on any atom is -0.399 e. The highest BCUT2D eigenvalue weighted by molar-refractivity contribution is 7.99. The molecule has 0 saturated carbocycles. The van der Waals surface area contributed by atoms with Crippen molar-refractivity contribution >= 4 is 29.0 Å². The summed E-state index contributed by atoms with van der Waals surface area (Å²) in [6, 6.07) is 5.91. The summed E-state index contributed by atoms with van der Waals surface area (Å²) in [6.07, 6.45) is 3.11. The van der Waals surface area contributed by atoms with E-state index in [-0.39, 0.29) is 5.92 Å². The van der Waals surface area contributed by atoms with E-state index < -0.39 is 0 Å². The van der Waals surface area contributed by atoms with Gasteiger partial charge in [0.05, 0.1) is 0 Å². The number of hydrogen-bond donors (Lipinski definition) is 1. The van der Waals surface area contributed by atoms with Crippen LogP contribution in [0.2, 0.25) is 0 Å². The van der Waals surface area contributed by atoms with Gasteiger partial charge in [-0.2, -0.15) is 11.8 Å². The molecule has 0 bridgehead atoms. The quantitative estimate of drug-likeness (QED) is 0.790. The smallest absolute Gasteiger partial charge is 0.230 e. The zero-order chi connectivity index (χ0) is 12.5. The van der Waals surface area contributed by atoms with Gasteiger partial charge in [-0.05, 0) is 48.8 Å². The Morgan fingerprint density at radius 2 is 2.33 bits per heavy atom. The van der Waals surface area contributed by atoms with Crippen molar-refractivity contribution in [2.45, 2.75) is 19.3 Å². The summed E-state index contributed by atoms with van der Waals surface area (Å²) in [5, 5.41) is 0. The van der Waals surface area contributed by atoms with Gasteiger partial charge in [0.15, 0.2) is 0 Å². The van der Waals surface area contributed by atoms with E-state index in [1.165, 1.54) is 5.56 Å². The summed E-state index contributed by atoms with van der Waals surface area (Å²) in [7, 11) is 0. The highest BCUT2D eigenvalue weighted by Gasteiger charge is 2.30. The number of anilines is 2. The largest absolute Gasteiger partial charge is 0.399 e. The third kappa shape index (κ3) is 2.09. The third-order valence-corrected chi connectivity index (χ3v) is 4.93. The van der Waals surface area contributed by atoms with Gasteiger partial charge >= 0.3 is 0 Å². The van der Waals surface area contributed by atoms with Gasteiger partial charge in [0, 0.05) is 29.6 Å². The minimum atomic E-state index is 0.221. The predicted octanol–water partition coefficient (Wildman–Crippen LogP) is 2.30. The molecule has 0 radical (unpaired) electrons. The first-order chi connectivity index (χ1) is 8.75. The number of carbonyl (C=O) groups is 1. The Bertz CT molecular complexity index is 469. The second-order valence-electron chi connectivity index (χ2n) is 5.04. The van der Waals surface area contributed by atoms with Crippen LogP contribution in [-0.2, 0) is 11.2 Å². The molecule has 0 spiro atoms. The molecule has 1 unspecified atom stereocenters. The lowest BCUT2D eigenvalue weighted by Crippen LogP contribution is -2.39. The predicted molar refractivity (Wildman–Crippen MR) is 77.0 cm³/mol. The molecule has 0 aromatic heterocycles. The Balaban J connectivity index is 1.88. The minimum absolute atomic E-state index is 0.221. The molecule has 2 heterocycles. The van der Waals surface area contributed by atoms with Crippen LogP contribution < -0.4 is 10.6 Å². The second kappa shape index (κ2) is 4.84. The summed E-state index contributed by atoms with van der Waals surface area (Å²) < 4.78 is 0. The van der Waals surface area contributed by atoms with E-state index in [1.807, 2.05) is 34.9 Å². The van der Waals surface area contributed by atoms with Gasteiger partial charge in [-0.1, -0.05) is 0 Å². The first-order valence-electron chi connectivity index (χ1n) is 6.53. The standard InChI is InChI=1S/C14H18N2OS/c15-12-3-4-13-10(8-12)2-1-6-16(13)14(17)11-5-7-18-9-11/h3-4,8,11H,1-2,5-7,9,15H2. The molecule has 18 heavy (non-hydrogen) atoms. The van der Waals surface area contributed by atoms with Crippen LogP contribution in [-0.4, -0.2) is 24.0 Å². The normalized spacial score (nSPS) is 22.9. The van der Waals surface area contributed by atoms with E-state index in [0.717, 1.165) is 48.7 Å². The molecule has 2 aliphatic rings. The monoisotopic (exact) mass is 262 g/mol. The third-order valence-electron chi connectivity index (χ3n) is 3.77.